The molecule has 2 fully saturated rings. The average Bonchev–Trinajstić information content (AvgIpc) is 2.93. The van der Waals surface area contributed by atoms with Gasteiger partial charge in [0.05, 0.1) is 0 Å². The number of benzene rings is 1. The van der Waals surface area contributed by atoms with Crippen LogP contribution in [0.3, 0.4) is 0 Å². The third-order valence-electron chi connectivity index (χ3n) is 5.16. The Bertz CT molecular complexity index is 445. The summed E-state index contributed by atoms with van der Waals surface area (Å²) >= 11 is 3.53. The van der Waals surface area contributed by atoms with Crippen molar-refractivity contribution in [2.24, 2.45) is 0 Å². The van der Waals surface area contributed by atoms with Crippen LogP contribution in [-0.2, 0) is 0 Å². The summed E-state index contributed by atoms with van der Waals surface area (Å²) in [6.45, 7) is 8.54. The molecule has 2 nitrogen and oxygen atoms in total. The number of piperazine rings is 1. The quantitative estimate of drug-likeness (QED) is 0.820. The Balaban J connectivity index is 1.77. The van der Waals surface area contributed by atoms with E-state index in [1.165, 1.54) is 48.9 Å². The molecule has 110 valence electrons. The standard InChI is InChI=1S/C17H25BrN2/c1-3-16-11-19-10-4-5-17(19)12-20(16)13(2)14-6-8-15(18)9-7-14/h6-9,13,16-17H,3-5,10-12H2,1-2H3. The van der Waals surface area contributed by atoms with Crippen molar-refractivity contribution in [3.05, 3.63) is 34.3 Å². The molecule has 0 amide bonds. The van der Waals surface area contributed by atoms with E-state index < -0.39 is 0 Å². The Hall–Kier alpha value is -0.380. The van der Waals surface area contributed by atoms with Crippen molar-refractivity contribution in [1.82, 2.24) is 9.80 Å². The minimum absolute atomic E-state index is 0.524. The van der Waals surface area contributed by atoms with Crippen molar-refractivity contribution in [3.8, 4) is 0 Å². The van der Waals surface area contributed by atoms with Gasteiger partial charge in [0.15, 0.2) is 0 Å². The van der Waals surface area contributed by atoms with Gasteiger partial charge in [-0.1, -0.05) is 35.0 Å². The molecular weight excluding hydrogens is 312 g/mol. The summed E-state index contributed by atoms with van der Waals surface area (Å²) in [4.78, 5) is 5.47. The first-order valence-corrected chi connectivity index (χ1v) is 8.73. The van der Waals surface area contributed by atoms with Crippen LogP contribution in [0.25, 0.3) is 0 Å². The SMILES string of the molecule is CCC1CN2CCCC2CN1C(C)c1ccc(Br)cc1. The molecule has 2 saturated heterocycles. The lowest BCUT2D eigenvalue weighted by molar-refractivity contribution is 0.0227. The minimum atomic E-state index is 0.524. The summed E-state index contributed by atoms with van der Waals surface area (Å²) in [5.41, 5.74) is 1.44. The van der Waals surface area contributed by atoms with Crippen LogP contribution >= 0.6 is 15.9 Å². The Morgan fingerprint density at radius 1 is 1.25 bits per heavy atom. The molecule has 0 aliphatic carbocycles. The number of hydrogen-bond acceptors (Lipinski definition) is 2. The molecule has 3 atom stereocenters. The molecule has 0 saturated carbocycles. The molecule has 2 aliphatic heterocycles. The van der Waals surface area contributed by atoms with E-state index in [1.54, 1.807) is 0 Å². The fourth-order valence-electron chi connectivity index (χ4n) is 3.88. The van der Waals surface area contributed by atoms with E-state index in [0.29, 0.717) is 12.1 Å². The number of hydrogen-bond donors (Lipinski definition) is 0. The monoisotopic (exact) mass is 336 g/mol. The number of rotatable bonds is 3. The van der Waals surface area contributed by atoms with E-state index >= 15 is 0 Å². The van der Waals surface area contributed by atoms with Gasteiger partial charge in [0.2, 0.25) is 0 Å². The molecule has 2 heterocycles. The summed E-state index contributed by atoms with van der Waals surface area (Å²) < 4.78 is 1.17. The van der Waals surface area contributed by atoms with Crippen LogP contribution in [0.15, 0.2) is 28.7 Å². The van der Waals surface area contributed by atoms with Gasteiger partial charge in [-0.25, -0.2) is 0 Å². The first kappa shape index (κ1) is 14.6. The van der Waals surface area contributed by atoms with E-state index in [0.717, 1.165) is 6.04 Å². The molecule has 1 aromatic rings. The fourth-order valence-corrected chi connectivity index (χ4v) is 4.15. The van der Waals surface area contributed by atoms with E-state index in [-0.39, 0.29) is 0 Å². The molecule has 0 aromatic heterocycles. The Kier molecular flexibility index (Phi) is 4.49. The Morgan fingerprint density at radius 3 is 2.70 bits per heavy atom. The predicted molar refractivity (Wildman–Crippen MR) is 87.9 cm³/mol. The maximum atomic E-state index is 3.53. The van der Waals surface area contributed by atoms with E-state index in [2.05, 4.69) is 63.8 Å². The molecule has 20 heavy (non-hydrogen) atoms. The maximum absolute atomic E-state index is 3.53. The maximum Gasteiger partial charge on any atom is 0.0324 e. The lowest BCUT2D eigenvalue weighted by Crippen LogP contribution is -2.56. The molecular formula is C17H25BrN2. The van der Waals surface area contributed by atoms with Crippen LogP contribution in [0, 0.1) is 0 Å². The van der Waals surface area contributed by atoms with Gasteiger partial charge in [0.25, 0.3) is 0 Å². The highest BCUT2D eigenvalue weighted by atomic mass is 79.9. The summed E-state index contributed by atoms with van der Waals surface area (Å²) in [5.74, 6) is 0. The zero-order chi connectivity index (χ0) is 14.1. The average molecular weight is 337 g/mol. The lowest BCUT2D eigenvalue weighted by atomic mass is 9.99. The summed E-state index contributed by atoms with van der Waals surface area (Å²) in [6, 6.07) is 10.9. The normalized spacial score (nSPS) is 29.4. The highest BCUT2D eigenvalue weighted by Gasteiger charge is 2.37. The predicted octanol–water partition coefficient (Wildman–Crippen LogP) is 4.07. The second-order valence-corrected chi connectivity index (χ2v) is 7.19. The zero-order valence-corrected chi connectivity index (χ0v) is 14.1. The molecule has 0 spiro atoms. The van der Waals surface area contributed by atoms with Gasteiger partial charge in [0, 0.05) is 35.7 Å². The van der Waals surface area contributed by atoms with Crippen molar-refractivity contribution in [2.45, 2.75) is 51.2 Å². The molecule has 0 bridgehead atoms. The largest absolute Gasteiger partial charge is 0.298 e. The molecule has 3 unspecified atom stereocenters. The van der Waals surface area contributed by atoms with E-state index in [1.807, 2.05) is 0 Å². The molecule has 3 heteroatoms. The second kappa shape index (κ2) is 6.17. The van der Waals surface area contributed by atoms with Crippen molar-refractivity contribution >= 4 is 15.9 Å². The molecule has 3 rings (SSSR count). The number of nitrogens with zero attached hydrogens (tertiary/aromatic N) is 2. The number of halogens is 1. The lowest BCUT2D eigenvalue weighted by Gasteiger charge is -2.46. The van der Waals surface area contributed by atoms with Gasteiger partial charge in [0.1, 0.15) is 0 Å². The summed E-state index contributed by atoms with van der Waals surface area (Å²) in [5, 5.41) is 0. The van der Waals surface area contributed by atoms with Crippen LogP contribution in [0.2, 0.25) is 0 Å². The topological polar surface area (TPSA) is 6.48 Å². The van der Waals surface area contributed by atoms with E-state index in [9.17, 15) is 0 Å². The van der Waals surface area contributed by atoms with Crippen molar-refractivity contribution < 1.29 is 0 Å². The van der Waals surface area contributed by atoms with Gasteiger partial charge in [-0.2, -0.15) is 0 Å². The molecule has 0 radical (unpaired) electrons. The Labute approximate surface area is 131 Å². The van der Waals surface area contributed by atoms with Crippen LogP contribution < -0.4 is 0 Å². The third kappa shape index (κ3) is 2.81. The summed E-state index contributed by atoms with van der Waals surface area (Å²) in [6.07, 6.45) is 4.03. The van der Waals surface area contributed by atoms with Gasteiger partial charge in [-0.15, -0.1) is 0 Å². The van der Waals surface area contributed by atoms with Gasteiger partial charge >= 0.3 is 0 Å². The Morgan fingerprint density at radius 2 is 2.00 bits per heavy atom. The van der Waals surface area contributed by atoms with Gasteiger partial charge in [-0.05, 0) is 50.4 Å². The second-order valence-electron chi connectivity index (χ2n) is 6.28. The first-order chi connectivity index (χ1) is 9.69. The van der Waals surface area contributed by atoms with Crippen LogP contribution in [0.4, 0.5) is 0 Å². The van der Waals surface area contributed by atoms with Crippen LogP contribution in [-0.4, -0.2) is 41.5 Å². The molecule has 1 aromatic carbocycles. The number of fused-ring (bicyclic) bond motifs is 1. The fraction of sp³-hybridized carbons (Fsp3) is 0.647. The first-order valence-electron chi connectivity index (χ1n) is 7.94. The smallest absolute Gasteiger partial charge is 0.0324 e. The molecule has 0 N–H and O–H groups in total. The molecule has 2 aliphatic rings. The van der Waals surface area contributed by atoms with Crippen molar-refractivity contribution in [2.75, 3.05) is 19.6 Å². The van der Waals surface area contributed by atoms with Gasteiger partial charge < -0.3 is 0 Å². The van der Waals surface area contributed by atoms with Crippen LogP contribution in [0.5, 0.6) is 0 Å². The van der Waals surface area contributed by atoms with Crippen molar-refractivity contribution in [1.29, 1.82) is 0 Å². The van der Waals surface area contributed by atoms with E-state index in [4.69, 9.17) is 0 Å². The van der Waals surface area contributed by atoms with Gasteiger partial charge in [-0.3, -0.25) is 9.80 Å². The zero-order valence-electron chi connectivity index (χ0n) is 12.6. The van der Waals surface area contributed by atoms with Crippen LogP contribution in [0.1, 0.15) is 44.7 Å². The highest BCUT2D eigenvalue weighted by molar-refractivity contribution is 9.10. The summed E-state index contributed by atoms with van der Waals surface area (Å²) in [7, 11) is 0. The third-order valence-corrected chi connectivity index (χ3v) is 5.68. The van der Waals surface area contributed by atoms with Crippen molar-refractivity contribution in [3.63, 3.8) is 0 Å². The highest BCUT2D eigenvalue weighted by Crippen LogP contribution is 2.32. The minimum Gasteiger partial charge on any atom is -0.298 e.